The second-order valence-electron chi connectivity index (χ2n) is 5.10. The molecule has 0 N–H and O–H groups in total. The van der Waals surface area contributed by atoms with E-state index in [1.165, 1.54) is 12.1 Å². The Morgan fingerprint density at radius 1 is 1.23 bits per heavy atom. The molecule has 0 aliphatic heterocycles. The van der Waals surface area contributed by atoms with Crippen molar-refractivity contribution in [2.75, 3.05) is 13.7 Å². The van der Waals surface area contributed by atoms with Gasteiger partial charge in [-0.1, -0.05) is 18.2 Å². The fourth-order valence-corrected chi connectivity index (χ4v) is 2.53. The second kappa shape index (κ2) is 7.40. The van der Waals surface area contributed by atoms with Gasteiger partial charge in [0.05, 0.1) is 4.47 Å². The van der Waals surface area contributed by atoms with E-state index in [0.29, 0.717) is 12.3 Å². The van der Waals surface area contributed by atoms with Gasteiger partial charge in [0, 0.05) is 13.6 Å². The molecular weight excluding hydrogens is 349 g/mol. The standard InChI is InChI=1S/C17H17BrFNO2/c1-12-3-8-16(15(18)9-12)22-11-17(21)20(2)10-13-4-6-14(19)7-5-13/h3-9H,10-11H2,1-2H3. The number of hydrogen-bond acceptors (Lipinski definition) is 2. The lowest BCUT2D eigenvalue weighted by Crippen LogP contribution is -2.31. The molecule has 0 aromatic heterocycles. The van der Waals surface area contributed by atoms with Crippen LogP contribution in [-0.4, -0.2) is 24.5 Å². The van der Waals surface area contributed by atoms with Gasteiger partial charge in [-0.05, 0) is 58.2 Å². The van der Waals surface area contributed by atoms with Crippen LogP contribution in [0, 0.1) is 12.7 Å². The molecule has 22 heavy (non-hydrogen) atoms. The predicted molar refractivity (Wildman–Crippen MR) is 87.2 cm³/mol. The molecule has 0 spiro atoms. The minimum atomic E-state index is -0.287. The molecule has 2 rings (SSSR count). The fourth-order valence-electron chi connectivity index (χ4n) is 1.92. The maximum absolute atomic E-state index is 12.9. The van der Waals surface area contributed by atoms with Crippen molar-refractivity contribution in [1.82, 2.24) is 4.90 Å². The van der Waals surface area contributed by atoms with Gasteiger partial charge in [-0.2, -0.15) is 0 Å². The Labute approximate surface area is 137 Å². The summed E-state index contributed by atoms with van der Waals surface area (Å²) in [6, 6.07) is 11.8. The molecule has 0 fully saturated rings. The van der Waals surface area contributed by atoms with Crippen LogP contribution in [0.25, 0.3) is 0 Å². The van der Waals surface area contributed by atoms with Crippen molar-refractivity contribution in [3.05, 3.63) is 63.9 Å². The van der Waals surface area contributed by atoms with Crippen LogP contribution in [-0.2, 0) is 11.3 Å². The Morgan fingerprint density at radius 3 is 2.55 bits per heavy atom. The van der Waals surface area contributed by atoms with Crippen molar-refractivity contribution >= 4 is 21.8 Å². The average Bonchev–Trinajstić information content (AvgIpc) is 2.48. The normalized spacial score (nSPS) is 10.4. The van der Waals surface area contributed by atoms with Crippen molar-refractivity contribution in [3.63, 3.8) is 0 Å². The van der Waals surface area contributed by atoms with Crippen LogP contribution >= 0.6 is 15.9 Å². The number of carbonyl (C=O) groups is 1. The molecular formula is C17H17BrFNO2. The summed E-state index contributed by atoms with van der Waals surface area (Å²) in [6.07, 6.45) is 0. The molecule has 0 aliphatic carbocycles. The molecule has 2 aromatic rings. The number of nitrogens with zero attached hydrogens (tertiary/aromatic N) is 1. The van der Waals surface area contributed by atoms with Gasteiger partial charge in [-0.25, -0.2) is 4.39 Å². The van der Waals surface area contributed by atoms with Crippen molar-refractivity contribution < 1.29 is 13.9 Å². The van der Waals surface area contributed by atoms with E-state index < -0.39 is 0 Å². The summed E-state index contributed by atoms with van der Waals surface area (Å²) in [5.74, 6) is 0.205. The first-order chi connectivity index (χ1) is 10.5. The Kier molecular flexibility index (Phi) is 5.55. The first-order valence-electron chi connectivity index (χ1n) is 6.83. The lowest BCUT2D eigenvalue weighted by atomic mass is 10.2. The van der Waals surface area contributed by atoms with Crippen LogP contribution < -0.4 is 4.74 Å². The zero-order valence-corrected chi connectivity index (χ0v) is 14.1. The predicted octanol–water partition coefficient (Wildman–Crippen LogP) is 3.93. The van der Waals surface area contributed by atoms with E-state index in [9.17, 15) is 9.18 Å². The maximum Gasteiger partial charge on any atom is 0.260 e. The van der Waals surface area contributed by atoms with Gasteiger partial charge in [0.15, 0.2) is 6.61 Å². The number of likely N-dealkylation sites (N-methyl/N-ethyl adjacent to an activating group) is 1. The zero-order chi connectivity index (χ0) is 16.1. The number of rotatable bonds is 5. The third kappa shape index (κ3) is 4.56. The van der Waals surface area contributed by atoms with Crippen LogP contribution in [0.5, 0.6) is 5.75 Å². The van der Waals surface area contributed by atoms with Crippen LogP contribution in [0.1, 0.15) is 11.1 Å². The lowest BCUT2D eigenvalue weighted by molar-refractivity contribution is -0.132. The van der Waals surface area contributed by atoms with Crippen LogP contribution in [0.3, 0.4) is 0 Å². The summed E-state index contributed by atoms with van der Waals surface area (Å²) in [6.45, 7) is 2.35. The van der Waals surface area contributed by atoms with Crippen molar-refractivity contribution in [2.45, 2.75) is 13.5 Å². The van der Waals surface area contributed by atoms with E-state index in [-0.39, 0.29) is 18.3 Å². The number of benzene rings is 2. The van der Waals surface area contributed by atoms with E-state index in [0.717, 1.165) is 15.6 Å². The highest BCUT2D eigenvalue weighted by Crippen LogP contribution is 2.25. The van der Waals surface area contributed by atoms with Gasteiger partial charge in [0.25, 0.3) is 5.91 Å². The summed E-state index contributed by atoms with van der Waals surface area (Å²) in [5.41, 5.74) is 1.98. The van der Waals surface area contributed by atoms with E-state index in [1.54, 1.807) is 24.1 Å². The summed E-state index contributed by atoms with van der Waals surface area (Å²) in [7, 11) is 1.69. The van der Waals surface area contributed by atoms with E-state index in [4.69, 9.17) is 4.74 Å². The molecule has 0 aliphatic rings. The monoisotopic (exact) mass is 365 g/mol. The van der Waals surface area contributed by atoms with E-state index in [1.807, 2.05) is 25.1 Å². The smallest absolute Gasteiger partial charge is 0.260 e. The Hall–Kier alpha value is -1.88. The molecule has 0 heterocycles. The van der Waals surface area contributed by atoms with Gasteiger partial charge in [-0.15, -0.1) is 0 Å². The molecule has 5 heteroatoms. The number of aryl methyl sites for hydroxylation is 1. The molecule has 3 nitrogen and oxygen atoms in total. The van der Waals surface area contributed by atoms with Gasteiger partial charge < -0.3 is 9.64 Å². The summed E-state index contributed by atoms with van der Waals surface area (Å²) in [4.78, 5) is 13.6. The Morgan fingerprint density at radius 2 is 1.91 bits per heavy atom. The minimum Gasteiger partial charge on any atom is -0.483 e. The molecule has 0 bridgehead atoms. The topological polar surface area (TPSA) is 29.5 Å². The summed E-state index contributed by atoms with van der Waals surface area (Å²) in [5, 5.41) is 0. The number of halogens is 2. The quantitative estimate of drug-likeness (QED) is 0.803. The van der Waals surface area contributed by atoms with Crippen molar-refractivity contribution in [1.29, 1.82) is 0 Å². The zero-order valence-electron chi connectivity index (χ0n) is 12.5. The first kappa shape index (κ1) is 16.5. The summed E-state index contributed by atoms with van der Waals surface area (Å²) >= 11 is 3.41. The van der Waals surface area contributed by atoms with Crippen molar-refractivity contribution in [3.8, 4) is 5.75 Å². The lowest BCUT2D eigenvalue weighted by Gasteiger charge is -2.18. The van der Waals surface area contributed by atoms with Gasteiger partial charge in [-0.3, -0.25) is 4.79 Å². The molecule has 0 unspecified atom stereocenters. The highest BCUT2D eigenvalue weighted by molar-refractivity contribution is 9.10. The largest absolute Gasteiger partial charge is 0.483 e. The minimum absolute atomic E-state index is 0.0423. The third-order valence-electron chi connectivity index (χ3n) is 3.20. The van der Waals surface area contributed by atoms with E-state index in [2.05, 4.69) is 15.9 Å². The van der Waals surface area contributed by atoms with Crippen molar-refractivity contribution in [2.24, 2.45) is 0 Å². The molecule has 0 saturated heterocycles. The highest BCUT2D eigenvalue weighted by Gasteiger charge is 2.11. The molecule has 0 saturated carbocycles. The van der Waals surface area contributed by atoms with Crippen LogP contribution in [0.15, 0.2) is 46.9 Å². The fraction of sp³-hybridized carbons (Fsp3) is 0.235. The molecule has 0 atom stereocenters. The van der Waals surface area contributed by atoms with Gasteiger partial charge in [0.2, 0.25) is 0 Å². The average molecular weight is 366 g/mol. The molecule has 2 aromatic carbocycles. The van der Waals surface area contributed by atoms with Crippen LogP contribution in [0.2, 0.25) is 0 Å². The number of hydrogen-bond donors (Lipinski definition) is 0. The molecule has 0 radical (unpaired) electrons. The van der Waals surface area contributed by atoms with Gasteiger partial charge >= 0.3 is 0 Å². The van der Waals surface area contributed by atoms with E-state index >= 15 is 0 Å². The summed E-state index contributed by atoms with van der Waals surface area (Å²) < 4.78 is 19.2. The Balaban J connectivity index is 1.89. The number of amides is 1. The van der Waals surface area contributed by atoms with Crippen LogP contribution in [0.4, 0.5) is 4.39 Å². The Bertz CT molecular complexity index is 658. The number of ether oxygens (including phenoxy) is 1. The van der Waals surface area contributed by atoms with Gasteiger partial charge in [0.1, 0.15) is 11.6 Å². The molecule has 116 valence electrons. The highest BCUT2D eigenvalue weighted by atomic mass is 79.9. The SMILES string of the molecule is Cc1ccc(OCC(=O)N(C)Cc2ccc(F)cc2)c(Br)c1. The second-order valence-corrected chi connectivity index (χ2v) is 5.95. The molecule has 1 amide bonds. The first-order valence-corrected chi connectivity index (χ1v) is 7.62. The number of carbonyl (C=O) groups excluding carboxylic acids is 1. The maximum atomic E-state index is 12.9. The third-order valence-corrected chi connectivity index (χ3v) is 3.82.